The summed E-state index contributed by atoms with van der Waals surface area (Å²) in [5, 5.41) is 0. The Balaban J connectivity index is 2.05. The summed E-state index contributed by atoms with van der Waals surface area (Å²) in [6.07, 6.45) is 0.572. The third-order valence-corrected chi connectivity index (χ3v) is 5.05. The van der Waals surface area contributed by atoms with Gasteiger partial charge in [0.1, 0.15) is 5.75 Å². The van der Waals surface area contributed by atoms with E-state index in [1.807, 2.05) is 79.7 Å². The molecule has 0 bridgehead atoms. The SMILES string of the molecule is CCC(C(=O)c1ccccc1)C(C(=O)c1ccccc1)c1ccc(OC)cc1. The normalized spacial score (nSPS) is 12.8. The van der Waals surface area contributed by atoms with Gasteiger partial charge in [-0.3, -0.25) is 9.59 Å². The highest BCUT2D eigenvalue weighted by Crippen LogP contribution is 2.34. The van der Waals surface area contributed by atoms with Gasteiger partial charge < -0.3 is 4.74 Å². The average molecular weight is 372 g/mol. The first kappa shape index (κ1) is 19.6. The van der Waals surface area contributed by atoms with Crippen LogP contribution in [0.1, 0.15) is 45.5 Å². The maximum atomic E-state index is 13.5. The van der Waals surface area contributed by atoms with Crippen LogP contribution >= 0.6 is 0 Å². The van der Waals surface area contributed by atoms with Gasteiger partial charge in [0.25, 0.3) is 0 Å². The van der Waals surface area contributed by atoms with Crippen molar-refractivity contribution in [2.75, 3.05) is 7.11 Å². The molecule has 0 aliphatic heterocycles. The first-order valence-electron chi connectivity index (χ1n) is 9.48. The van der Waals surface area contributed by atoms with Crippen molar-refractivity contribution in [3.8, 4) is 5.75 Å². The lowest BCUT2D eigenvalue weighted by atomic mass is 9.76. The first-order chi connectivity index (χ1) is 13.7. The maximum absolute atomic E-state index is 13.5. The van der Waals surface area contributed by atoms with Gasteiger partial charge in [-0.05, 0) is 24.1 Å². The van der Waals surface area contributed by atoms with E-state index in [9.17, 15) is 9.59 Å². The van der Waals surface area contributed by atoms with Crippen molar-refractivity contribution < 1.29 is 14.3 Å². The number of hydrogen-bond donors (Lipinski definition) is 0. The number of ether oxygens (including phenoxy) is 1. The molecule has 0 fully saturated rings. The number of carbonyl (C=O) groups excluding carboxylic acids is 2. The van der Waals surface area contributed by atoms with Crippen LogP contribution in [0.15, 0.2) is 84.9 Å². The fourth-order valence-electron chi connectivity index (χ4n) is 3.55. The molecular weight excluding hydrogens is 348 g/mol. The standard InChI is InChI=1S/C25H24O3/c1-3-22(24(26)19-10-6-4-7-11-19)23(18-14-16-21(28-2)17-15-18)25(27)20-12-8-5-9-13-20/h4-17,22-23H,3H2,1-2H3. The van der Waals surface area contributed by atoms with Crippen LogP contribution in [0, 0.1) is 5.92 Å². The van der Waals surface area contributed by atoms with Crippen molar-refractivity contribution in [3.05, 3.63) is 102 Å². The zero-order chi connectivity index (χ0) is 19.9. The molecule has 0 aromatic heterocycles. The van der Waals surface area contributed by atoms with Gasteiger partial charge in [-0.2, -0.15) is 0 Å². The number of rotatable bonds is 8. The highest BCUT2D eigenvalue weighted by atomic mass is 16.5. The van der Waals surface area contributed by atoms with Crippen LogP contribution < -0.4 is 4.74 Å². The van der Waals surface area contributed by atoms with Gasteiger partial charge in [0.15, 0.2) is 11.6 Å². The van der Waals surface area contributed by atoms with E-state index in [0.29, 0.717) is 17.5 Å². The van der Waals surface area contributed by atoms with Crippen molar-refractivity contribution in [2.45, 2.75) is 19.3 Å². The molecule has 28 heavy (non-hydrogen) atoms. The summed E-state index contributed by atoms with van der Waals surface area (Å²) in [7, 11) is 1.61. The first-order valence-corrected chi connectivity index (χ1v) is 9.48. The van der Waals surface area contributed by atoms with Gasteiger partial charge >= 0.3 is 0 Å². The van der Waals surface area contributed by atoms with E-state index in [0.717, 1.165) is 11.3 Å². The molecule has 0 saturated carbocycles. The minimum absolute atomic E-state index is 0.00630. The summed E-state index contributed by atoms with van der Waals surface area (Å²) in [4.78, 5) is 26.7. The molecule has 0 aliphatic carbocycles. The van der Waals surface area contributed by atoms with E-state index < -0.39 is 11.8 Å². The zero-order valence-corrected chi connectivity index (χ0v) is 16.2. The molecule has 0 saturated heterocycles. The third-order valence-electron chi connectivity index (χ3n) is 5.05. The van der Waals surface area contributed by atoms with Gasteiger partial charge in [-0.25, -0.2) is 0 Å². The van der Waals surface area contributed by atoms with E-state index in [2.05, 4.69) is 0 Å². The van der Waals surface area contributed by atoms with Crippen LogP contribution in [0.25, 0.3) is 0 Å². The molecule has 3 heteroatoms. The second-order valence-corrected chi connectivity index (χ2v) is 6.73. The van der Waals surface area contributed by atoms with Crippen LogP contribution in [-0.4, -0.2) is 18.7 Å². The topological polar surface area (TPSA) is 43.4 Å². The number of methoxy groups -OCH3 is 1. The number of carbonyl (C=O) groups is 2. The van der Waals surface area contributed by atoms with Crippen molar-refractivity contribution in [3.63, 3.8) is 0 Å². The number of Topliss-reactive ketones (excluding diaryl/α,β-unsaturated/α-hetero) is 2. The van der Waals surface area contributed by atoms with Crippen molar-refractivity contribution >= 4 is 11.6 Å². The summed E-state index contributed by atoms with van der Waals surface area (Å²) in [5.41, 5.74) is 2.07. The van der Waals surface area contributed by atoms with Crippen LogP contribution in [0.4, 0.5) is 0 Å². The number of hydrogen-bond acceptors (Lipinski definition) is 3. The second-order valence-electron chi connectivity index (χ2n) is 6.73. The van der Waals surface area contributed by atoms with Gasteiger partial charge in [0, 0.05) is 17.0 Å². The van der Waals surface area contributed by atoms with E-state index in [1.54, 1.807) is 19.2 Å². The van der Waals surface area contributed by atoms with Crippen LogP contribution in [0.2, 0.25) is 0 Å². The molecule has 142 valence electrons. The summed E-state index contributed by atoms with van der Waals surface area (Å²) in [6, 6.07) is 25.8. The quantitative estimate of drug-likeness (QED) is 0.486. The molecule has 0 amide bonds. The van der Waals surface area contributed by atoms with Crippen molar-refractivity contribution in [1.29, 1.82) is 0 Å². The highest BCUT2D eigenvalue weighted by molar-refractivity contribution is 6.07. The molecule has 3 aromatic rings. The summed E-state index contributed by atoms with van der Waals surface area (Å²) in [5.74, 6) is -0.318. The van der Waals surface area contributed by atoms with Crippen LogP contribution in [0.3, 0.4) is 0 Å². The lowest BCUT2D eigenvalue weighted by Gasteiger charge is -2.25. The molecule has 0 N–H and O–H groups in total. The maximum Gasteiger partial charge on any atom is 0.171 e. The van der Waals surface area contributed by atoms with E-state index >= 15 is 0 Å². The molecule has 2 unspecified atom stereocenters. The molecule has 3 rings (SSSR count). The fourth-order valence-corrected chi connectivity index (χ4v) is 3.55. The Morgan fingerprint density at radius 2 is 1.25 bits per heavy atom. The van der Waals surface area contributed by atoms with Crippen molar-refractivity contribution in [1.82, 2.24) is 0 Å². The molecular formula is C25H24O3. The van der Waals surface area contributed by atoms with Gasteiger partial charge in [-0.15, -0.1) is 0 Å². The Labute approximate surface area is 166 Å². The summed E-state index contributed by atoms with van der Waals surface area (Å²) < 4.78 is 5.25. The molecule has 3 nitrogen and oxygen atoms in total. The number of benzene rings is 3. The zero-order valence-electron chi connectivity index (χ0n) is 16.2. The smallest absolute Gasteiger partial charge is 0.171 e. The van der Waals surface area contributed by atoms with Gasteiger partial charge in [0.05, 0.1) is 13.0 Å². The van der Waals surface area contributed by atoms with Crippen molar-refractivity contribution in [2.24, 2.45) is 5.92 Å². The predicted molar refractivity (Wildman–Crippen MR) is 111 cm³/mol. The Kier molecular flexibility index (Phi) is 6.38. The van der Waals surface area contributed by atoms with Crippen LogP contribution in [0.5, 0.6) is 5.75 Å². The van der Waals surface area contributed by atoms with Crippen LogP contribution in [-0.2, 0) is 0 Å². The van der Waals surface area contributed by atoms with E-state index in [4.69, 9.17) is 4.74 Å². The van der Waals surface area contributed by atoms with E-state index in [-0.39, 0.29) is 11.6 Å². The molecule has 3 aromatic carbocycles. The van der Waals surface area contributed by atoms with Gasteiger partial charge in [0.2, 0.25) is 0 Å². The minimum Gasteiger partial charge on any atom is -0.497 e. The Bertz CT molecular complexity index is 915. The minimum atomic E-state index is -0.550. The molecule has 0 radical (unpaired) electrons. The molecule has 0 aliphatic rings. The fraction of sp³-hybridized carbons (Fsp3) is 0.200. The highest BCUT2D eigenvalue weighted by Gasteiger charge is 2.34. The lowest BCUT2D eigenvalue weighted by molar-refractivity contribution is 0.0816. The Hall–Kier alpha value is -3.20. The third kappa shape index (κ3) is 4.20. The summed E-state index contributed by atoms with van der Waals surface area (Å²) in [6.45, 7) is 1.96. The molecule has 0 heterocycles. The predicted octanol–water partition coefficient (Wildman–Crippen LogP) is 5.57. The molecule has 0 spiro atoms. The Morgan fingerprint density at radius 1 is 0.750 bits per heavy atom. The monoisotopic (exact) mass is 372 g/mol. The second kappa shape index (κ2) is 9.14. The summed E-state index contributed by atoms with van der Waals surface area (Å²) >= 11 is 0. The molecule has 2 atom stereocenters. The Morgan fingerprint density at radius 3 is 1.71 bits per heavy atom. The van der Waals surface area contributed by atoms with Gasteiger partial charge in [-0.1, -0.05) is 79.7 Å². The number of ketones is 2. The average Bonchev–Trinajstić information content (AvgIpc) is 2.78. The lowest BCUT2D eigenvalue weighted by Crippen LogP contribution is -2.28. The van der Waals surface area contributed by atoms with E-state index in [1.165, 1.54) is 0 Å². The largest absolute Gasteiger partial charge is 0.497 e.